The van der Waals surface area contributed by atoms with Crippen LogP contribution in [0.1, 0.15) is 53.5 Å². The third-order valence-corrected chi connectivity index (χ3v) is 3.12. The van der Waals surface area contributed by atoms with Gasteiger partial charge in [-0.3, -0.25) is 4.68 Å². The first-order valence-electron chi connectivity index (χ1n) is 7.01. The fourth-order valence-electron chi connectivity index (χ4n) is 1.85. The van der Waals surface area contributed by atoms with Crippen molar-refractivity contribution in [2.75, 3.05) is 6.54 Å². The molecule has 0 spiro atoms. The van der Waals surface area contributed by atoms with E-state index >= 15 is 0 Å². The van der Waals surface area contributed by atoms with Crippen LogP contribution in [0.5, 0.6) is 5.75 Å². The number of rotatable bonds is 8. The van der Waals surface area contributed by atoms with Crippen molar-refractivity contribution in [3.8, 4) is 5.75 Å². The van der Waals surface area contributed by atoms with E-state index in [-0.39, 0.29) is 6.10 Å². The Kier molecular flexibility index (Phi) is 6.19. The summed E-state index contributed by atoms with van der Waals surface area (Å²) in [6, 6.07) is 0.967. The Labute approximate surface area is 111 Å². The lowest BCUT2D eigenvalue weighted by atomic mass is 10.1. The van der Waals surface area contributed by atoms with Crippen LogP contribution < -0.4 is 10.1 Å². The molecule has 104 valence electrons. The predicted octanol–water partition coefficient (Wildman–Crippen LogP) is 3.01. The van der Waals surface area contributed by atoms with Gasteiger partial charge in [-0.1, -0.05) is 13.8 Å². The molecule has 18 heavy (non-hydrogen) atoms. The quantitative estimate of drug-likeness (QED) is 0.774. The lowest BCUT2D eigenvalue weighted by Crippen LogP contribution is -2.35. The van der Waals surface area contributed by atoms with Crippen molar-refractivity contribution in [2.24, 2.45) is 0 Å². The summed E-state index contributed by atoms with van der Waals surface area (Å²) < 4.78 is 7.75. The highest BCUT2D eigenvalue weighted by Gasteiger charge is 2.09. The van der Waals surface area contributed by atoms with E-state index in [1.54, 1.807) is 6.20 Å². The molecule has 1 rings (SSSR count). The Morgan fingerprint density at radius 1 is 1.28 bits per heavy atom. The monoisotopic (exact) mass is 253 g/mol. The van der Waals surface area contributed by atoms with Gasteiger partial charge in [0.25, 0.3) is 0 Å². The largest absolute Gasteiger partial charge is 0.486 e. The zero-order valence-corrected chi connectivity index (χ0v) is 12.3. The van der Waals surface area contributed by atoms with Crippen LogP contribution in [0.4, 0.5) is 0 Å². The molecule has 0 aromatic carbocycles. The highest BCUT2D eigenvalue weighted by Crippen LogP contribution is 2.13. The van der Waals surface area contributed by atoms with Crippen LogP contribution >= 0.6 is 0 Å². The van der Waals surface area contributed by atoms with Gasteiger partial charge in [0.1, 0.15) is 6.10 Å². The molecule has 0 saturated heterocycles. The molecular weight excluding hydrogens is 226 g/mol. The first-order chi connectivity index (χ1) is 8.56. The standard InChI is InChI=1S/C14H27N3O/c1-6-13(7-2)15-8-12(5)18-14-9-16-17(10-14)11(3)4/h9-13,15H,6-8H2,1-5H3. The fraction of sp³-hybridized carbons (Fsp3) is 0.786. The van der Waals surface area contributed by atoms with Gasteiger partial charge in [-0.15, -0.1) is 0 Å². The Balaban J connectivity index is 2.36. The molecule has 1 aromatic rings. The molecule has 1 atom stereocenters. The number of hydrogen-bond donors (Lipinski definition) is 1. The van der Waals surface area contributed by atoms with Crippen molar-refractivity contribution in [1.82, 2.24) is 15.1 Å². The summed E-state index contributed by atoms with van der Waals surface area (Å²) in [6.07, 6.45) is 6.23. The molecule has 0 aliphatic rings. The minimum Gasteiger partial charge on any atom is -0.486 e. The summed E-state index contributed by atoms with van der Waals surface area (Å²) in [5, 5.41) is 7.78. The van der Waals surface area contributed by atoms with Crippen LogP contribution in [0.25, 0.3) is 0 Å². The predicted molar refractivity (Wildman–Crippen MR) is 75.1 cm³/mol. The Morgan fingerprint density at radius 3 is 2.44 bits per heavy atom. The highest BCUT2D eigenvalue weighted by atomic mass is 16.5. The Morgan fingerprint density at radius 2 is 1.94 bits per heavy atom. The topological polar surface area (TPSA) is 39.1 Å². The zero-order chi connectivity index (χ0) is 13.5. The van der Waals surface area contributed by atoms with Crippen molar-refractivity contribution in [3.05, 3.63) is 12.4 Å². The number of aromatic nitrogens is 2. The van der Waals surface area contributed by atoms with Gasteiger partial charge in [-0.05, 0) is 33.6 Å². The van der Waals surface area contributed by atoms with Gasteiger partial charge < -0.3 is 10.1 Å². The summed E-state index contributed by atoms with van der Waals surface area (Å²) >= 11 is 0. The normalized spacial score (nSPS) is 13.3. The second kappa shape index (κ2) is 7.41. The van der Waals surface area contributed by atoms with E-state index in [0.717, 1.165) is 25.1 Å². The molecule has 1 heterocycles. The van der Waals surface area contributed by atoms with E-state index in [9.17, 15) is 0 Å². The van der Waals surface area contributed by atoms with E-state index in [1.165, 1.54) is 0 Å². The molecule has 0 fully saturated rings. The maximum Gasteiger partial charge on any atom is 0.157 e. The van der Waals surface area contributed by atoms with E-state index in [2.05, 4.69) is 45.0 Å². The van der Waals surface area contributed by atoms with Gasteiger partial charge in [0.05, 0.1) is 12.4 Å². The third kappa shape index (κ3) is 4.69. The smallest absolute Gasteiger partial charge is 0.157 e. The number of nitrogens with zero attached hydrogens (tertiary/aromatic N) is 2. The van der Waals surface area contributed by atoms with Crippen LogP contribution in [0, 0.1) is 0 Å². The van der Waals surface area contributed by atoms with Crippen LogP contribution in [0.15, 0.2) is 12.4 Å². The fourth-order valence-corrected chi connectivity index (χ4v) is 1.85. The SMILES string of the molecule is CCC(CC)NCC(C)Oc1cnn(C(C)C)c1. The minimum absolute atomic E-state index is 0.162. The molecule has 4 nitrogen and oxygen atoms in total. The molecule has 1 unspecified atom stereocenters. The van der Waals surface area contributed by atoms with Crippen molar-refractivity contribution >= 4 is 0 Å². The summed E-state index contributed by atoms with van der Waals surface area (Å²) in [5.41, 5.74) is 0. The first kappa shape index (κ1) is 15.0. The van der Waals surface area contributed by atoms with E-state index in [0.29, 0.717) is 12.1 Å². The highest BCUT2D eigenvalue weighted by molar-refractivity contribution is 5.12. The van der Waals surface area contributed by atoms with E-state index in [1.807, 2.05) is 10.9 Å². The second-order valence-electron chi connectivity index (χ2n) is 5.10. The van der Waals surface area contributed by atoms with Crippen LogP contribution in [-0.4, -0.2) is 28.5 Å². The molecule has 0 aliphatic carbocycles. The average molecular weight is 253 g/mol. The average Bonchev–Trinajstić information content (AvgIpc) is 2.79. The molecular formula is C14H27N3O. The molecule has 4 heteroatoms. The zero-order valence-electron chi connectivity index (χ0n) is 12.3. The molecule has 1 aromatic heterocycles. The summed E-state index contributed by atoms with van der Waals surface area (Å²) in [5.74, 6) is 0.850. The molecule has 1 N–H and O–H groups in total. The third-order valence-electron chi connectivity index (χ3n) is 3.12. The van der Waals surface area contributed by atoms with Crippen molar-refractivity contribution < 1.29 is 4.74 Å². The minimum atomic E-state index is 0.162. The lowest BCUT2D eigenvalue weighted by Gasteiger charge is -2.19. The van der Waals surface area contributed by atoms with Crippen molar-refractivity contribution in [3.63, 3.8) is 0 Å². The molecule has 0 radical (unpaired) electrons. The second-order valence-corrected chi connectivity index (χ2v) is 5.10. The Hall–Kier alpha value is -1.03. The molecule has 0 bridgehead atoms. The van der Waals surface area contributed by atoms with Crippen LogP contribution in [-0.2, 0) is 0 Å². The first-order valence-corrected chi connectivity index (χ1v) is 7.01. The van der Waals surface area contributed by atoms with E-state index in [4.69, 9.17) is 4.74 Å². The Bertz CT molecular complexity index is 332. The van der Waals surface area contributed by atoms with Crippen LogP contribution in [0.2, 0.25) is 0 Å². The molecule has 0 saturated carbocycles. The van der Waals surface area contributed by atoms with Gasteiger partial charge in [0.15, 0.2) is 5.75 Å². The lowest BCUT2D eigenvalue weighted by molar-refractivity contribution is 0.209. The van der Waals surface area contributed by atoms with Crippen molar-refractivity contribution in [2.45, 2.75) is 65.6 Å². The van der Waals surface area contributed by atoms with E-state index < -0.39 is 0 Å². The maximum atomic E-state index is 5.84. The van der Waals surface area contributed by atoms with Gasteiger partial charge >= 0.3 is 0 Å². The molecule has 0 aliphatic heterocycles. The summed E-state index contributed by atoms with van der Waals surface area (Å²) in [7, 11) is 0. The molecule has 0 amide bonds. The summed E-state index contributed by atoms with van der Waals surface area (Å²) in [6.45, 7) is 11.6. The van der Waals surface area contributed by atoms with Crippen LogP contribution in [0.3, 0.4) is 0 Å². The van der Waals surface area contributed by atoms with Gasteiger partial charge in [0, 0.05) is 18.6 Å². The number of ether oxygens (including phenoxy) is 1. The number of nitrogens with one attached hydrogen (secondary N) is 1. The van der Waals surface area contributed by atoms with Gasteiger partial charge in [0.2, 0.25) is 0 Å². The van der Waals surface area contributed by atoms with Gasteiger partial charge in [-0.25, -0.2) is 0 Å². The number of hydrogen-bond acceptors (Lipinski definition) is 3. The van der Waals surface area contributed by atoms with Gasteiger partial charge in [-0.2, -0.15) is 5.10 Å². The maximum absolute atomic E-state index is 5.84. The summed E-state index contributed by atoms with van der Waals surface area (Å²) in [4.78, 5) is 0. The van der Waals surface area contributed by atoms with Crippen molar-refractivity contribution in [1.29, 1.82) is 0 Å².